The third-order valence-corrected chi connectivity index (χ3v) is 4.91. The quantitative estimate of drug-likeness (QED) is 0.525. The van der Waals surface area contributed by atoms with Gasteiger partial charge in [0.1, 0.15) is 5.82 Å². The Morgan fingerprint density at radius 1 is 1.19 bits per heavy atom. The molecule has 0 N–H and O–H groups in total. The lowest BCUT2D eigenvalue weighted by Crippen LogP contribution is -2.36. The van der Waals surface area contributed by atoms with Gasteiger partial charge in [0, 0.05) is 22.6 Å². The molecule has 0 saturated carbocycles. The minimum absolute atomic E-state index is 0.000225. The van der Waals surface area contributed by atoms with Gasteiger partial charge in [0.25, 0.3) is 17.3 Å². The van der Waals surface area contributed by atoms with Gasteiger partial charge in [-0.05, 0) is 37.5 Å². The van der Waals surface area contributed by atoms with Crippen LogP contribution < -0.4 is 4.90 Å². The summed E-state index contributed by atoms with van der Waals surface area (Å²) in [4.78, 5) is 35.0. The maximum absolute atomic E-state index is 14.5. The highest BCUT2D eigenvalue weighted by molar-refractivity contribution is 9.10. The van der Waals surface area contributed by atoms with E-state index >= 15 is 0 Å². The van der Waals surface area contributed by atoms with Gasteiger partial charge in [-0.1, -0.05) is 15.9 Å². The molecule has 2 aromatic rings. The van der Waals surface area contributed by atoms with Crippen molar-refractivity contribution in [2.45, 2.75) is 19.8 Å². The molecule has 0 atom stereocenters. The van der Waals surface area contributed by atoms with E-state index in [0.29, 0.717) is 22.9 Å². The first kappa shape index (κ1) is 18.9. The number of halogens is 2. The number of fused-ring (bicyclic) bond motifs is 1. The standard InChI is InChI=1S/C17H13BrFN3O5/c1-9-13(7-12(21(24)25)8-15(9)22(26)27)17(23)20-4-2-3-10-5-11(18)6-14(19)16(10)20/h5-8H,2-4H2,1H3. The molecule has 10 heteroatoms. The number of rotatable bonds is 3. The molecule has 0 spiro atoms. The topological polar surface area (TPSA) is 107 Å². The maximum Gasteiger partial charge on any atom is 0.279 e. The normalized spacial score (nSPS) is 13.2. The molecule has 1 aliphatic rings. The second-order valence-corrected chi connectivity index (χ2v) is 7.02. The summed E-state index contributed by atoms with van der Waals surface area (Å²) >= 11 is 3.21. The van der Waals surface area contributed by atoms with Crippen LogP contribution in [-0.4, -0.2) is 22.3 Å². The van der Waals surface area contributed by atoms with E-state index in [0.717, 1.165) is 12.1 Å². The molecule has 0 unspecified atom stereocenters. The van der Waals surface area contributed by atoms with E-state index in [-0.39, 0.29) is 23.4 Å². The Balaban J connectivity index is 2.16. The van der Waals surface area contributed by atoms with E-state index < -0.39 is 32.9 Å². The van der Waals surface area contributed by atoms with E-state index in [9.17, 15) is 29.4 Å². The summed E-state index contributed by atoms with van der Waals surface area (Å²) in [6.07, 6.45) is 1.15. The van der Waals surface area contributed by atoms with Crippen LogP contribution in [0.4, 0.5) is 21.5 Å². The lowest BCUT2D eigenvalue weighted by atomic mass is 9.98. The molecule has 0 fully saturated rings. The van der Waals surface area contributed by atoms with Gasteiger partial charge in [0.05, 0.1) is 27.2 Å². The maximum atomic E-state index is 14.5. The van der Waals surface area contributed by atoms with Crippen LogP contribution in [0.2, 0.25) is 0 Å². The molecule has 27 heavy (non-hydrogen) atoms. The summed E-state index contributed by atoms with van der Waals surface area (Å²) < 4.78 is 15.1. The van der Waals surface area contributed by atoms with Gasteiger partial charge in [-0.15, -0.1) is 0 Å². The zero-order valence-electron chi connectivity index (χ0n) is 14.1. The summed E-state index contributed by atoms with van der Waals surface area (Å²) in [5, 5.41) is 22.4. The number of anilines is 1. The number of nitro groups is 2. The second-order valence-electron chi connectivity index (χ2n) is 6.11. The molecule has 1 amide bonds. The van der Waals surface area contributed by atoms with Crippen LogP contribution in [-0.2, 0) is 6.42 Å². The first-order valence-electron chi connectivity index (χ1n) is 7.94. The van der Waals surface area contributed by atoms with E-state index in [2.05, 4.69) is 15.9 Å². The predicted molar refractivity (Wildman–Crippen MR) is 98.6 cm³/mol. The van der Waals surface area contributed by atoms with E-state index in [1.165, 1.54) is 17.9 Å². The molecule has 0 bridgehead atoms. The molecular weight excluding hydrogens is 425 g/mol. The Labute approximate surface area is 161 Å². The van der Waals surface area contributed by atoms with E-state index in [4.69, 9.17) is 0 Å². The van der Waals surface area contributed by atoms with Crippen LogP contribution in [0.25, 0.3) is 0 Å². The highest BCUT2D eigenvalue weighted by Crippen LogP contribution is 2.36. The molecule has 0 aromatic heterocycles. The number of carbonyl (C=O) groups is 1. The number of non-ortho nitro benzene ring substituents is 1. The molecule has 0 aliphatic carbocycles. The molecule has 0 saturated heterocycles. The van der Waals surface area contributed by atoms with Crippen molar-refractivity contribution >= 4 is 38.9 Å². The number of hydrogen-bond acceptors (Lipinski definition) is 5. The van der Waals surface area contributed by atoms with Crippen molar-refractivity contribution in [1.82, 2.24) is 0 Å². The molecule has 3 rings (SSSR count). The van der Waals surface area contributed by atoms with Crippen molar-refractivity contribution in [3.63, 3.8) is 0 Å². The largest absolute Gasteiger partial charge is 0.305 e. The zero-order chi connectivity index (χ0) is 19.9. The third kappa shape index (κ3) is 3.39. The van der Waals surface area contributed by atoms with Gasteiger partial charge < -0.3 is 4.90 Å². The monoisotopic (exact) mass is 437 g/mol. The number of nitro benzene ring substituents is 2. The summed E-state index contributed by atoms with van der Waals surface area (Å²) in [6, 6.07) is 4.75. The molecule has 0 radical (unpaired) electrons. The molecule has 2 aromatic carbocycles. The van der Waals surface area contributed by atoms with Gasteiger partial charge >= 0.3 is 0 Å². The predicted octanol–water partition coefficient (Wildman–Crippen LogP) is 4.31. The minimum atomic E-state index is -0.801. The van der Waals surface area contributed by atoms with Gasteiger partial charge in [-0.25, -0.2) is 4.39 Å². The molecule has 140 valence electrons. The second kappa shape index (κ2) is 7.03. The number of carbonyl (C=O) groups excluding carboxylic acids is 1. The first-order valence-corrected chi connectivity index (χ1v) is 8.73. The van der Waals surface area contributed by atoms with Gasteiger partial charge in [0.2, 0.25) is 0 Å². The number of amides is 1. The van der Waals surface area contributed by atoms with Crippen LogP contribution in [0.3, 0.4) is 0 Å². The summed E-state index contributed by atoms with van der Waals surface area (Å²) in [5.74, 6) is -1.31. The van der Waals surface area contributed by atoms with Crippen molar-refractivity contribution in [3.8, 4) is 0 Å². The Kier molecular flexibility index (Phi) is 4.92. The third-order valence-electron chi connectivity index (χ3n) is 4.45. The highest BCUT2D eigenvalue weighted by atomic mass is 79.9. The van der Waals surface area contributed by atoms with Gasteiger partial charge in [0.15, 0.2) is 0 Å². The van der Waals surface area contributed by atoms with Crippen LogP contribution in [0.5, 0.6) is 0 Å². The van der Waals surface area contributed by atoms with Crippen molar-refractivity contribution in [2.75, 3.05) is 11.4 Å². The first-order chi connectivity index (χ1) is 12.7. The van der Waals surface area contributed by atoms with Crippen LogP contribution in [0.1, 0.15) is 27.9 Å². The van der Waals surface area contributed by atoms with Gasteiger partial charge in [-0.3, -0.25) is 25.0 Å². The van der Waals surface area contributed by atoms with Crippen molar-refractivity contribution in [2.24, 2.45) is 0 Å². The van der Waals surface area contributed by atoms with Crippen molar-refractivity contribution < 1.29 is 19.0 Å². The molecule has 1 heterocycles. The van der Waals surface area contributed by atoms with Crippen LogP contribution >= 0.6 is 15.9 Å². The fourth-order valence-electron chi connectivity index (χ4n) is 3.20. The fourth-order valence-corrected chi connectivity index (χ4v) is 3.68. The lowest BCUT2D eigenvalue weighted by Gasteiger charge is -2.30. The smallest absolute Gasteiger partial charge is 0.279 e. The van der Waals surface area contributed by atoms with Crippen LogP contribution in [0, 0.1) is 33.0 Å². The van der Waals surface area contributed by atoms with E-state index in [1.807, 2.05) is 0 Å². The minimum Gasteiger partial charge on any atom is -0.305 e. The SMILES string of the molecule is Cc1c(C(=O)N2CCCc3cc(Br)cc(F)c32)cc([N+](=O)[O-])cc1[N+](=O)[O-]. The Morgan fingerprint density at radius 3 is 2.52 bits per heavy atom. The summed E-state index contributed by atoms with van der Waals surface area (Å²) in [6.45, 7) is 1.55. The highest BCUT2D eigenvalue weighted by Gasteiger charge is 2.31. The zero-order valence-corrected chi connectivity index (χ0v) is 15.7. The number of nitrogens with zero attached hydrogens (tertiary/aromatic N) is 3. The fraction of sp³-hybridized carbons (Fsp3) is 0.235. The molecule has 8 nitrogen and oxygen atoms in total. The molecular formula is C17H13BrFN3O5. The summed E-state index contributed by atoms with van der Waals surface area (Å²) in [7, 11) is 0. The Morgan fingerprint density at radius 2 is 1.89 bits per heavy atom. The molecule has 1 aliphatic heterocycles. The number of benzene rings is 2. The Bertz CT molecular complexity index is 995. The van der Waals surface area contributed by atoms with Crippen LogP contribution in [0.15, 0.2) is 28.7 Å². The van der Waals surface area contributed by atoms with Crippen molar-refractivity contribution in [1.29, 1.82) is 0 Å². The van der Waals surface area contributed by atoms with Gasteiger partial charge in [-0.2, -0.15) is 0 Å². The van der Waals surface area contributed by atoms with Crippen molar-refractivity contribution in [3.05, 3.63) is 71.5 Å². The number of aryl methyl sites for hydroxylation is 1. The summed E-state index contributed by atoms with van der Waals surface area (Å²) in [5.41, 5.74) is -0.557. The Hall–Kier alpha value is -2.88. The van der Waals surface area contributed by atoms with E-state index in [1.54, 1.807) is 6.07 Å². The lowest BCUT2D eigenvalue weighted by molar-refractivity contribution is -0.394. The average Bonchev–Trinajstić information content (AvgIpc) is 2.60. The number of hydrogen-bond donors (Lipinski definition) is 0. The average molecular weight is 438 g/mol.